The lowest BCUT2D eigenvalue weighted by Gasteiger charge is -2.39. The number of carbonyl (C=O) groups excluding carboxylic acids is 1. The molecule has 0 aromatic rings. The van der Waals surface area contributed by atoms with Crippen LogP contribution in [-0.2, 0) is 9.53 Å². The molecule has 0 bridgehead atoms. The summed E-state index contributed by atoms with van der Waals surface area (Å²) in [6.07, 6.45) is 3.20. The van der Waals surface area contributed by atoms with E-state index in [2.05, 4.69) is 5.32 Å². The Morgan fingerprint density at radius 2 is 2.20 bits per heavy atom. The fourth-order valence-corrected chi connectivity index (χ4v) is 1.77. The van der Waals surface area contributed by atoms with Gasteiger partial charge in [0.2, 0.25) is 5.91 Å². The van der Waals surface area contributed by atoms with E-state index in [4.69, 9.17) is 10.5 Å². The molecule has 0 unspecified atom stereocenters. The monoisotopic (exact) mass is 214 g/mol. The van der Waals surface area contributed by atoms with Crippen molar-refractivity contribution >= 4 is 5.91 Å². The minimum absolute atomic E-state index is 0.101. The van der Waals surface area contributed by atoms with Gasteiger partial charge < -0.3 is 15.8 Å². The number of nitrogens with two attached hydrogens (primary N) is 1. The average molecular weight is 214 g/mol. The first kappa shape index (κ1) is 12.5. The normalized spacial score (nSPS) is 18.7. The van der Waals surface area contributed by atoms with Crippen LogP contribution >= 0.6 is 0 Å². The van der Waals surface area contributed by atoms with Gasteiger partial charge in [0.05, 0.1) is 18.1 Å². The Labute approximate surface area is 91.5 Å². The zero-order valence-electron chi connectivity index (χ0n) is 9.71. The summed E-state index contributed by atoms with van der Waals surface area (Å²) in [7, 11) is 0. The third-order valence-electron chi connectivity index (χ3n) is 3.02. The highest BCUT2D eigenvalue weighted by Crippen LogP contribution is 2.39. The fourth-order valence-electron chi connectivity index (χ4n) is 1.77. The molecule has 88 valence electrons. The van der Waals surface area contributed by atoms with Crippen LogP contribution in [0.25, 0.3) is 0 Å². The Morgan fingerprint density at radius 1 is 1.53 bits per heavy atom. The number of hydrogen-bond acceptors (Lipinski definition) is 3. The molecule has 0 aromatic heterocycles. The van der Waals surface area contributed by atoms with Gasteiger partial charge in [0.15, 0.2) is 0 Å². The van der Waals surface area contributed by atoms with Crippen molar-refractivity contribution in [1.82, 2.24) is 5.32 Å². The summed E-state index contributed by atoms with van der Waals surface area (Å²) in [6, 6.07) is 0. The Kier molecular flexibility index (Phi) is 4.54. The largest absolute Gasteiger partial charge is 0.377 e. The van der Waals surface area contributed by atoms with Crippen LogP contribution in [0.1, 0.15) is 33.1 Å². The van der Waals surface area contributed by atoms with Gasteiger partial charge in [-0.15, -0.1) is 0 Å². The maximum Gasteiger partial charge on any atom is 0.227 e. The lowest BCUT2D eigenvalue weighted by atomic mass is 9.68. The SMILES string of the molecule is CC(C)OCCNC(=O)C1(CN)CCC1. The lowest BCUT2D eigenvalue weighted by Crippen LogP contribution is -2.50. The first-order chi connectivity index (χ1) is 7.10. The summed E-state index contributed by atoms with van der Waals surface area (Å²) in [6.45, 7) is 5.58. The van der Waals surface area contributed by atoms with Crippen molar-refractivity contribution in [2.75, 3.05) is 19.7 Å². The molecule has 0 radical (unpaired) electrons. The Hall–Kier alpha value is -0.610. The van der Waals surface area contributed by atoms with Crippen LogP contribution in [0.15, 0.2) is 0 Å². The summed E-state index contributed by atoms with van der Waals surface area (Å²) in [5, 5.41) is 2.89. The molecule has 1 amide bonds. The number of nitrogens with one attached hydrogen (secondary N) is 1. The highest BCUT2D eigenvalue weighted by atomic mass is 16.5. The molecule has 0 aliphatic heterocycles. The average Bonchev–Trinajstić information content (AvgIpc) is 2.11. The van der Waals surface area contributed by atoms with Crippen LogP contribution in [0.4, 0.5) is 0 Å². The number of ether oxygens (including phenoxy) is 1. The third-order valence-corrected chi connectivity index (χ3v) is 3.02. The summed E-state index contributed by atoms with van der Waals surface area (Å²) in [5.74, 6) is 0.101. The first-order valence-corrected chi connectivity index (χ1v) is 5.71. The Morgan fingerprint density at radius 3 is 2.60 bits per heavy atom. The van der Waals surface area contributed by atoms with Crippen molar-refractivity contribution < 1.29 is 9.53 Å². The Balaban J connectivity index is 2.18. The van der Waals surface area contributed by atoms with Crippen molar-refractivity contribution in [1.29, 1.82) is 0 Å². The van der Waals surface area contributed by atoms with E-state index >= 15 is 0 Å². The van der Waals surface area contributed by atoms with Gasteiger partial charge in [-0.05, 0) is 26.7 Å². The number of amides is 1. The highest BCUT2D eigenvalue weighted by molar-refractivity contribution is 5.83. The molecular formula is C11H22N2O2. The predicted octanol–water partition coefficient (Wildman–Crippen LogP) is 0.657. The van der Waals surface area contributed by atoms with Gasteiger partial charge in [-0.25, -0.2) is 0 Å². The topological polar surface area (TPSA) is 64.3 Å². The highest BCUT2D eigenvalue weighted by Gasteiger charge is 2.42. The van der Waals surface area contributed by atoms with Crippen LogP contribution < -0.4 is 11.1 Å². The van der Waals surface area contributed by atoms with Crippen molar-refractivity contribution in [2.45, 2.75) is 39.2 Å². The summed E-state index contributed by atoms with van der Waals surface area (Å²) in [4.78, 5) is 11.8. The fraction of sp³-hybridized carbons (Fsp3) is 0.909. The maximum absolute atomic E-state index is 11.8. The second-order valence-corrected chi connectivity index (χ2v) is 4.51. The second-order valence-electron chi connectivity index (χ2n) is 4.51. The molecule has 0 atom stereocenters. The van der Waals surface area contributed by atoms with Crippen molar-refractivity contribution in [3.8, 4) is 0 Å². The van der Waals surface area contributed by atoms with Crippen LogP contribution in [0.3, 0.4) is 0 Å². The van der Waals surface area contributed by atoms with E-state index in [1.165, 1.54) is 0 Å². The molecule has 1 saturated carbocycles. The Bertz CT molecular complexity index is 207. The second kappa shape index (κ2) is 5.47. The number of hydrogen-bond donors (Lipinski definition) is 2. The van der Waals surface area contributed by atoms with Crippen LogP contribution in [0.2, 0.25) is 0 Å². The molecule has 1 rings (SSSR count). The molecule has 0 spiro atoms. The quantitative estimate of drug-likeness (QED) is 0.638. The number of rotatable bonds is 6. The molecule has 1 aliphatic rings. The van der Waals surface area contributed by atoms with Gasteiger partial charge in [0.1, 0.15) is 0 Å². The molecule has 4 nitrogen and oxygen atoms in total. The van der Waals surface area contributed by atoms with Crippen molar-refractivity contribution in [3.05, 3.63) is 0 Å². The maximum atomic E-state index is 11.8. The smallest absolute Gasteiger partial charge is 0.227 e. The minimum Gasteiger partial charge on any atom is -0.377 e. The third kappa shape index (κ3) is 3.18. The van der Waals surface area contributed by atoms with Crippen LogP contribution in [-0.4, -0.2) is 31.7 Å². The zero-order valence-corrected chi connectivity index (χ0v) is 9.71. The van der Waals surface area contributed by atoms with E-state index < -0.39 is 0 Å². The van der Waals surface area contributed by atoms with E-state index in [1.807, 2.05) is 13.8 Å². The molecule has 4 heteroatoms. The zero-order chi connectivity index (χ0) is 11.3. The first-order valence-electron chi connectivity index (χ1n) is 5.71. The van der Waals surface area contributed by atoms with Crippen LogP contribution in [0, 0.1) is 5.41 Å². The van der Waals surface area contributed by atoms with E-state index in [-0.39, 0.29) is 17.4 Å². The van der Waals surface area contributed by atoms with E-state index in [9.17, 15) is 4.79 Å². The van der Waals surface area contributed by atoms with Crippen molar-refractivity contribution in [3.63, 3.8) is 0 Å². The van der Waals surface area contributed by atoms with Gasteiger partial charge in [-0.2, -0.15) is 0 Å². The number of carbonyl (C=O) groups is 1. The summed E-state index contributed by atoms with van der Waals surface area (Å²) < 4.78 is 5.34. The molecule has 15 heavy (non-hydrogen) atoms. The van der Waals surface area contributed by atoms with E-state index in [0.29, 0.717) is 19.7 Å². The minimum atomic E-state index is -0.266. The molecular weight excluding hydrogens is 192 g/mol. The molecule has 3 N–H and O–H groups in total. The van der Waals surface area contributed by atoms with Gasteiger partial charge in [0, 0.05) is 13.1 Å². The van der Waals surface area contributed by atoms with E-state index in [1.54, 1.807) is 0 Å². The van der Waals surface area contributed by atoms with Crippen LogP contribution in [0.5, 0.6) is 0 Å². The molecule has 0 aromatic carbocycles. The molecule has 1 aliphatic carbocycles. The molecule has 0 saturated heterocycles. The molecule has 1 fully saturated rings. The molecule has 0 heterocycles. The van der Waals surface area contributed by atoms with Crippen molar-refractivity contribution in [2.24, 2.45) is 11.1 Å². The van der Waals surface area contributed by atoms with Gasteiger partial charge >= 0.3 is 0 Å². The summed E-state index contributed by atoms with van der Waals surface area (Å²) in [5.41, 5.74) is 5.36. The van der Waals surface area contributed by atoms with Gasteiger partial charge in [-0.3, -0.25) is 4.79 Å². The van der Waals surface area contributed by atoms with Gasteiger partial charge in [-0.1, -0.05) is 6.42 Å². The standard InChI is InChI=1S/C11H22N2O2/c1-9(2)15-7-6-13-10(14)11(8-12)4-3-5-11/h9H,3-8,12H2,1-2H3,(H,13,14). The van der Waals surface area contributed by atoms with Gasteiger partial charge in [0.25, 0.3) is 0 Å². The van der Waals surface area contributed by atoms with E-state index in [0.717, 1.165) is 19.3 Å². The summed E-state index contributed by atoms with van der Waals surface area (Å²) >= 11 is 0. The predicted molar refractivity (Wildman–Crippen MR) is 59.4 cm³/mol. The lowest BCUT2D eigenvalue weighted by molar-refractivity contribution is -0.135.